The Morgan fingerprint density at radius 2 is 2.12 bits per heavy atom. The van der Waals surface area contributed by atoms with Gasteiger partial charge in [-0.3, -0.25) is 14.9 Å². The molecule has 1 heterocycles. The first-order valence-electron chi connectivity index (χ1n) is 5.25. The number of hydrogen-bond donors (Lipinski definition) is 2. The van der Waals surface area contributed by atoms with Crippen LogP contribution in [0.3, 0.4) is 0 Å². The molecule has 0 radical (unpaired) electrons. The zero-order valence-corrected chi connectivity index (χ0v) is 9.78. The van der Waals surface area contributed by atoms with Crippen LogP contribution in [0.15, 0.2) is 12.5 Å². The van der Waals surface area contributed by atoms with Crippen LogP contribution in [0.4, 0.5) is 0 Å². The fourth-order valence-corrected chi connectivity index (χ4v) is 1.36. The van der Waals surface area contributed by atoms with Crippen molar-refractivity contribution in [1.82, 2.24) is 15.3 Å². The molecule has 0 spiro atoms. The van der Waals surface area contributed by atoms with E-state index in [-0.39, 0.29) is 23.7 Å². The monoisotopic (exact) mass is 223 g/mol. The normalized spacial score (nSPS) is 14.4. The van der Waals surface area contributed by atoms with E-state index >= 15 is 0 Å². The predicted molar refractivity (Wildman–Crippen MR) is 60.0 cm³/mol. The summed E-state index contributed by atoms with van der Waals surface area (Å²) in [6.45, 7) is 4.77. The van der Waals surface area contributed by atoms with Gasteiger partial charge < -0.3 is 4.98 Å². The van der Waals surface area contributed by atoms with Gasteiger partial charge in [-0.1, -0.05) is 0 Å². The molecule has 5 heteroatoms. The molecule has 0 saturated heterocycles. The third-order valence-electron chi connectivity index (χ3n) is 2.53. The van der Waals surface area contributed by atoms with Gasteiger partial charge in [0.1, 0.15) is 11.6 Å². The zero-order valence-electron chi connectivity index (χ0n) is 9.78. The second-order valence-corrected chi connectivity index (χ2v) is 3.94. The molecule has 1 aromatic rings. The Hall–Kier alpha value is -1.49. The number of nitrogens with one attached hydrogen (secondary N) is 2. The van der Waals surface area contributed by atoms with E-state index in [9.17, 15) is 9.59 Å². The predicted octanol–water partition coefficient (Wildman–Crippen LogP) is 0.477. The van der Waals surface area contributed by atoms with Crippen molar-refractivity contribution in [3.8, 4) is 0 Å². The number of Topliss-reactive ketones (excluding diaryl/α,β-unsaturated/α-hetero) is 2. The molecule has 88 valence electrons. The van der Waals surface area contributed by atoms with E-state index in [0.29, 0.717) is 6.42 Å². The third kappa shape index (κ3) is 3.58. The Morgan fingerprint density at radius 1 is 1.44 bits per heavy atom. The summed E-state index contributed by atoms with van der Waals surface area (Å²) >= 11 is 0. The maximum absolute atomic E-state index is 11.4. The van der Waals surface area contributed by atoms with Gasteiger partial charge in [-0.05, 0) is 20.8 Å². The minimum atomic E-state index is -0.348. The highest BCUT2D eigenvalue weighted by molar-refractivity contribution is 5.84. The highest BCUT2D eigenvalue weighted by Crippen LogP contribution is 2.01. The molecular formula is C11H17N3O2. The molecule has 0 aromatic carbocycles. The Balaban J connectivity index is 2.61. The smallest absolute Gasteiger partial charge is 0.147 e. The lowest BCUT2D eigenvalue weighted by molar-refractivity contribution is -0.121. The van der Waals surface area contributed by atoms with Crippen LogP contribution >= 0.6 is 0 Å². The molecule has 2 N–H and O–H groups in total. The molecule has 1 unspecified atom stereocenters. The van der Waals surface area contributed by atoms with Crippen molar-refractivity contribution in [3.63, 3.8) is 0 Å². The Morgan fingerprint density at radius 3 is 2.56 bits per heavy atom. The van der Waals surface area contributed by atoms with E-state index in [4.69, 9.17) is 0 Å². The van der Waals surface area contributed by atoms with Crippen molar-refractivity contribution in [1.29, 1.82) is 0 Å². The van der Waals surface area contributed by atoms with Gasteiger partial charge in [0.05, 0.1) is 18.4 Å². The quantitative estimate of drug-likeness (QED) is 0.735. The molecule has 1 aromatic heterocycles. The summed E-state index contributed by atoms with van der Waals surface area (Å²) in [5.41, 5.74) is 0.878. The van der Waals surface area contributed by atoms with E-state index in [1.807, 2.05) is 0 Å². The molecule has 0 aliphatic carbocycles. The Bertz CT molecular complexity index is 359. The molecule has 5 nitrogen and oxygen atoms in total. The van der Waals surface area contributed by atoms with Crippen molar-refractivity contribution in [2.45, 2.75) is 39.3 Å². The van der Waals surface area contributed by atoms with E-state index in [1.54, 1.807) is 19.4 Å². The summed E-state index contributed by atoms with van der Waals surface area (Å²) in [5.74, 6) is 0.0403. The molecule has 16 heavy (non-hydrogen) atoms. The van der Waals surface area contributed by atoms with Crippen LogP contribution in [0.5, 0.6) is 0 Å². The largest absolute Gasteiger partial charge is 0.348 e. The van der Waals surface area contributed by atoms with Gasteiger partial charge >= 0.3 is 0 Å². The van der Waals surface area contributed by atoms with E-state index < -0.39 is 0 Å². The molecule has 0 aliphatic heterocycles. The summed E-state index contributed by atoms with van der Waals surface area (Å²) in [4.78, 5) is 29.4. The number of nitrogens with zero attached hydrogens (tertiary/aromatic N) is 1. The number of carbonyl (C=O) groups is 2. The third-order valence-corrected chi connectivity index (χ3v) is 2.53. The van der Waals surface area contributed by atoms with Crippen LogP contribution in [-0.2, 0) is 16.0 Å². The van der Waals surface area contributed by atoms with E-state index in [0.717, 1.165) is 5.69 Å². The Kier molecular flexibility index (Phi) is 4.37. The first-order chi connectivity index (χ1) is 7.50. The van der Waals surface area contributed by atoms with Crippen molar-refractivity contribution >= 4 is 11.6 Å². The molecule has 0 fully saturated rings. The van der Waals surface area contributed by atoms with Crippen LogP contribution in [-0.4, -0.2) is 33.6 Å². The van der Waals surface area contributed by atoms with Crippen molar-refractivity contribution in [3.05, 3.63) is 18.2 Å². The standard InChI is InChI=1S/C11H17N3O2/c1-7(8(2)15)14-11(9(3)16)4-10-5-12-6-13-10/h5-7,11,14H,4H2,1-3H3,(H,12,13)/t7?,11-/m0/s1. The number of H-pyrrole nitrogens is 1. The summed E-state index contributed by atoms with van der Waals surface area (Å²) in [7, 11) is 0. The lowest BCUT2D eigenvalue weighted by Gasteiger charge is -2.18. The van der Waals surface area contributed by atoms with Crippen molar-refractivity contribution < 1.29 is 9.59 Å². The number of carbonyl (C=O) groups excluding carboxylic acids is 2. The highest BCUT2D eigenvalue weighted by atomic mass is 16.1. The van der Waals surface area contributed by atoms with Gasteiger partial charge in [-0.25, -0.2) is 4.98 Å². The van der Waals surface area contributed by atoms with Crippen LogP contribution in [0, 0.1) is 0 Å². The number of aromatic nitrogens is 2. The molecule has 0 amide bonds. The molecule has 0 bridgehead atoms. The lowest BCUT2D eigenvalue weighted by atomic mass is 10.1. The maximum Gasteiger partial charge on any atom is 0.147 e. The minimum absolute atomic E-state index is 0.0164. The molecule has 2 atom stereocenters. The number of ketones is 2. The first-order valence-corrected chi connectivity index (χ1v) is 5.25. The maximum atomic E-state index is 11.4. The van der Waals surface area contributed by atoms with Crippen molar-refractivity contribution in [2.75, 3.05) is 0 Å². The molecule has 0 saturated carbocycles. The second-order valence-electron chi connectivity index (χ2n) is 3.94. The number of hydrogen-bond acceptors (Lipinski definition) is 4. The summed E-state index contributed by atoms with van der Waals surface area (Å²) in [5, 5.41) is 3.01. The van der Waals surface area contributed by atoms with E-state index in [2.05, 4.69) is 15.3 Å². The fraction of sp³-hybridized carbons (Fsp3) is 0.545. The number of aromatic amines is 1. The molecular weight excluding hydrogens is 206 g/mol. The van der Waals surface area contributed by atoms with Crippen LogP contribution in [0.2, 0.25) is 0 Å². The van der Waals surface area contributed by atoms with Crippen LogP contribution in [0.1, 0.15) is 26.5 Å². The molecule has 1 rings (SSSR count). The molecule has 0 aliphatic rings. The van der Waals surface area contributed by atoms with Crippen LogP contribution < -0.4 is 5.32 Å². The van der Waals surface area contributed by atoms with E-state index in [1.165, 1.54) is 13.8 Å². The van der Waals surface area contributed by atoms with Crippen molar-refractivity contribution in [2.24, 2.45) is 0 Å². The van der Waals surface area contributed by atoms with Gasteiger partial charge in [0.15, 0.2) is 0 Å². The summed E-state index contributed by atoms with van der Waals surface area (Å²) in [6, 6.07) is -0.656. The van der Waals surface area contributed by atoms with Gasteiger partial charge in [-0.2, -0.15) is 0 Å². The second kappa shape index (κ2) is 5.55. The number of rotatable bonds is 6. The minimum Gasteiger partial charge on any atom is -0.348 e. The van der Waals surface area contributed by atoms with Gasteiger partial charge in [0.25, 0.3) is 0 Å². The zero-order chi connectivity index (χ0) is 12.1. The average Bonchev–Trinajstić information content (AvgIpc) is 2.68. The topological polar surface area (TPSA) is 74.8 Å². The fourth-order valence-electron chi connectivity index (χ4n) is 1.36. The van der Waals surface area contributed by atoms with Crippen LogP contribution in [0.25, 0.3) is 0 Å². The highest BCUT2D eigenvalue weighted by Gasteiger charge is 2.19. The van der Waals surface area contributed by atoms with Gasteiger partial charge in [0, 0.05) is 18.3 Å². The first kappa shape index (κ1) is 12.6. The Labute approximate surface area is 94.7 Å². The van der Waals surface area contributed by atoms with Gasteiger partial charge in [-0.15, -0.1) is 0 Å². The number of imidazole rings is 1. The summed E-state index contributed by atoms with van der Waals surface area (Å²) in [6.07, 6.45) is 3.77. The average molecular weight is 223 g/mol. The lowest BCUT2D eigenvalue weighted by Crippen LogP contribution is -2.45. The summed E-state index contributed by atoms with van der Waals surface area (Å²) < 4.78 is 0. The SMILES string of the molecule is CC(=O)C(C)N[C@@H](Cc1cnc[nH]1)C(C)=O. The van der Waals surface area contributed by atoms with Gasteiger partial charge in [0.2, 0.25) is 0 Å².